The molecule has 1 aliphatic rings. The number of hydrogen-bond donors (Lipinski definition) is 1. The Balaban J connectivity index is 1.42. The predicted molar refractivity (Wildman–Crippen MR) is 108 cm³/mol. The lowest BCUT2D eigenvalue weighted by Gasteiger charge is -2.26. The lowest BCUT2D eigenvalue weighted by molar-refractivity contribution is 0.0730. The van der Waals surface area contributed by atoms with Crippen LogP contribution in [-0.2, 0) is 14.8 Å². The molecule has 0 amide bonds. The van der Waals surface area contributed by atoms with Crippen molar-refractivity contribution < 1.29 is 22.3 Å². The first-order valence-electron chi connectivity index (χ1n) is 8.94. The maximum absolute atomic E-state index is 13.3. The fourth-order valence-electron chi connectivity index (χ4n) is 2.98. The first kappa shape index (κ1) is 19.9. The maximum Gasteiger partial charge on any atom is 0.243 e. The van der Waals surface area contributed by atoms with Gasteiger partial charge in [0.05, 0.1) is 34.9 Å². The van der Waals surface area contributed by atoms with E-state index in [9.17, 15) is 17.6 Å². The summed E-state index contributed by atoms with van der Waals surface area (Å²) < 4.78 is 45.8. The molecule has 1 aromatic heterocycles. The Bertz CT molecular complexity index is 1140. The largest absolute Gasteiger partial charge is 0.379 e. The molecule has 0 atom stereocenters. The van der Waals surface area contributed by atoms with Crippen LogP contribution in [0.25, 0.3) is 10.2 Å². The molecule has 0 saturated carbocycles. The Morgan fingerprint density at radius 3 is 2.62 bits per heavy atom. The zero-order chi connectivity index (χ0) is 20.4. The van der Waals surface area contributed by atoms with E-state index in [0.717, 1.165) is 0 Å². The minimum Gasteiger partial charge on any atom is -0.379 e. The van der Waals surface area contributed by atoms with Gasteiger partial charge in [-0.05, 0) is 42.5 Å². The van der Waals surface area contributed by atoms with Gasteiger partial charge in [-0.3, -0.25) is 4.79 Å². The molecule has 1 saturated heterocycles. The molecule has 2 aromatic carbocycles. The Morgan fingerprint density at radius 1 is 1.17 bits per heavy atom. The fourth-order valence-corrected chi connectivity index (χ4v) is 5.28. The van der Waals surface area contributed by atoms with Crippen molar-refractivity contribution in [2.24, 2.45) is 0 Å². The number of morpholine rings is 1. The summed E-state index contributed by atoms with van der Waals surface area (Å²) in [5, 5.41) is 3.46. The molecule has 1 N–H and O–H groups in total. The highest BCUT2D eigenvalue weighted by Gasteiger charge is 2.26. The van der Waals surface area contributed by atoms with Gasteiger partial charge in [-0.1, -0.05) is 11.3 Å². The van der Waals surface area contributed by atoms with E-state index >= 15 is 0 Å². The zero-order valence-corrected chi connectivity index (χ0v) is 16.9. The molecule has 0 bridgehead atoms. The number of thiazole rings is 1. The van der Waals surface area contributed by atoms with Crippen molar-refractivity contribution in [2.75, 3.05) is 38.2 Å². The van der Waals surface area contributed by atoms with Gasteiger partial charge in [0, 0.05) is 18.7 Å². The van der Waals surface area contributed by atoms with Gasteiger partial charge in [0.1, 0.15) is 5.82 Å². The average molecular weight is 436 g/mol. The summed E-state index contributed by atoms with van der Waals surface area (Å²) in [5.74, 6) is -0.540. The molecular weight excluding hydrogens is 417 g/mol. The molecule has 4 rings (SSSR count). The van der Waals surface area contributed by atoms with Crippen molar-refractivity contribution in [3.63, 3.8) is 0 Å². The van der Waals surface area contributed by atoms with Crippen LogP contribution in [0.2, 0.25) is 0 Å². The van der Waals surface area contributed by atoms with E-state index in [1.54, 1.807) is 6.07 Å². The number of rotatable bonds is 6. The summed E-state index contributed by atoms with van der Waals surface area (Å²) in [6.07, 6.45) is 0. The Morgan fingerprint density at radius 2 is 1.90 bits per heavy atom. The van der Waals surface area contributed by atoms with E-state index in [1.807, 2.05) is 0 Å². The molecule has 2 heterocycles. The first-order chi connectivity index (χ1) is 13.9. The number of benzene rings is 2. The molecule has 7 nitrogen and oxygen atoms in total. The number of sulfonamides is 1. The molecule has 1 fully saturated rings. The number of halogens is 1. The molecular formula is C19H18FN3O4S2. The zero-order valence-electron chi connectivity index (χ0n) is 15.3. The normalized spacial score (nSPS) is 15.5. The van der Waals surface area contributed by atoms with Crippen LogP contribution in [0, 0.1) is 5.82 Å². The SMILES string of the molecule is O=C(CNc1nc2ccc(F)cc2s1)c1ccc(S(=O)(=O)N2CCOCC2)cc1. The molecule has 10 heteroatoms. The lowest BCUT2D eigenvalue weighted by atomic mass is 10.1. The third-order valence-corrected chi connectivity index (χ3v) is 7.42. The van der Waals surface area contributed by atoms with E-state index in [-0.39, 0.29) is 23.0 Å². The predicted octanol–water partition coefficient (Wildman–Crippen LogP) is 2.75. The van der Waals surface area contributed by atoms with Gasteiger partial charge in [-0.25, -0.2) is 17.8 Å². The number of nitrogens with one attached hydrogen (secondary N) is 1. The second-order valence-electron chi connectivity index (χ2n) is 6.45. The van der Waals surface area contributed by atoms with E-state index in [4.69, 9.17) is 4.74 Å². The van der Waals surface area contributed by atoms with Crippen LogP contribution in [0.15, 0.2) is 47.4 Å². The second-order valence-corrected chi connectivity index (χ2v) is 9.42. The van der Waals surface area contributed by atoms with E-state index < -0.39 is 10.0 Å². The average Bonchev–Trinajstić information content (AvgIpc) is 3.14. The lowest BCUT2D eigenvalue weighted by Crippen LogP contribution is -2.40. The number of nitrogens with zero attached hydrogens (tertiary/aromatic N) is 2. The quantitative estimate of drug-likeness (QED) is 0.599. The Kier molecular flexibility index (Phi) is 5.59. The van der Waals surface area contributed by atoms with E-state index in [1.165, 1.54) is 52.0 Å². The van der Waals surface area contributed by atoms with Crippen LogP contribution in [-0.4, -0.2) is 56.3 Å². The van der Waals surface area contributed by atoms with Gasteiger partial charge in [-0.15, -0.1) is 0 Å². The Labute approximate surface area is 171 Å². The van der Waals surface area contributed by atoms with E-state index in [2.05, 4.69) is 10.3 Å². The number of ether oxygens (including phenoxy) is 1. The summed E-state index contributed by atoms with van der Waals surface area (Å²) in [4.78, 5) is 16.9. The number of carbonyl (C=O) groups excluding carboxylic acids is 1. The second kappa shape index (κ2) is 8.15. The van der Waals surface area contributed by atoms with Crippen LogP contribution in [0.5, 0.6) is 0 Å². The van der Waals surface area contributed by atoms with Crippen LogP contribution in [0.1, 0.15) is 10.4 Å². The molecule has 0 unspecified atom stereocenters. The molecule has 3 aromatic rings. The number of Topliss-reactive ketones (excluding diaryl/α,β-unsaturated/α-hetero) is 1. The number of hydrogen-bond acceptors (Lipinski definition) is 7. The number of carbonyl (C=O) groups is 1. The molecule has 0 spiro atoms. The first-order valence-corrected chi connectivity index (χ1v) is 11.2. The summed E-state index contributed by atoms with van der Waals surface area (Å²) in [5.41, 5.74) is 1.05. The minimum absolute atomic E-state index is 0.00212. The van der Waals surface area contributed by atoms with E-state index in [0.29, 0.717) is 47.2 Å². The molecule has 0 aliphatic carbocycles. The van der Waals surface area contributed by atoms with Crippen molar-refractivity contribution in [3.05, 3.63) is 53.8 Å². The molecule has 29 heavy (non-hydrogen) atoms. The molecule has 1 aliphatic heterocycles. The maximum atomic E-state index is 13.3. The van der Waals surface area contributed by atoms with Crippen molar-refractivity contribution in [3.8, 4) is 0 Å². The van der Waals surface area contributed by atoms with Gasteiger partial charge in [0.25, 0.3) is 0 Å². The fraction of sp³-hybridized carbons (Fsp3) is 0.263. The van der Waals surface area contributed by atoms with Crippen molar-refractivity contribution in [1.82, 2.24) is 9.29 Å². The van der Waals surface area contributed by atoms with Gasteiger partial charge >= 0.3 is 0 Å². The van der Waals surface area contributed by atoms with Crippen LogP contribution in [0.4, 0.5) is 9.52 Å². The molecule has 0 radical (unpaired) electrons. The smallest absolute Gasteiger partial charge is 0.243 e. The van der Waals surface area contributed by atoms with Gasteiger partial charge < -0.3 is 10.1 Å². The highest BCUT2D eigenvalue weighted by atomic mass is 32.2. The number of anilines is 1. The summed E-state index contributed by atoms with van der Waals surface area (Å²) >= 11 is 1.26. The van der Waals surface area contributed by atoms with Crippen molar-refractivity contribution >= 4 is 42.5 Å². The number of fused-ring (bicyclic) bond motifs is 1. The van der Waals surface area contributed by atoms with Crippen molar-refractivity contribution in [2.45, 2.75) is 4.90 Å². The third kappa shape index (κ3) is 4.30. The highest BCUT2D eigenvalue weighted by Crippen LogP contribution is 2.26. The third-order valence-electron chi connectivity index (χ3n) is 4.53. The van der Waals surface area contributed by atoms with Gasteiger partial charge in [-0.2, -0.15) is 4.31 Å². The van der Waals surface area contributed by atoms with Crippen LogP contribution < -0.4 is 5.32 Å². The highest BCUT2D eigenvalue weighted by molar-refractivity contribution is 7.89. The Hall–Kier alpha value is -2.40. The van der Waals surface area contributed by atoms with Crippen LogP contribution >= 0.6 is 11.3 Å². The summed E-state index contributed by atoms with van der Waals surface area (Å²) in [6, 6.07) is 10.2. The summed E-state index contributed by atoms with van der Waals surface area (Å²) in [7, 11) is -3.59. The van der Waals surface area contributed by atoms with Gasteiger partial charge in [0.2, 0.25) is 10.0 Å². The van der Waals surface area contributed by atoms with Gasteiger partial charge in [0.15, 0.2) is 10.9 Å². The molecule has 152 valence electrons. The number of ketones is 1. The number of aromatic nitrogens is 1. The standard InChI is InChI=1S/C19H18FN3O4S2/c20-14-3-6-16-18(11-14)28-19(22-16)21-12-17(24)13-1-4-15(5-2-13)29(25,26)23-7-9-27-10-8-23/h1-6,11H,7-10,12H2,(H,21,22). The summed E-state index contributed by atoms with van der Waals surface area (Å²) in [6.45, 7) is 1.38. The van der Waals surface area contributed by atoms with Crippen molar-refractivity contribution in [1.29, 1.82) is 0 Å². The van der Waals surface area contributed by atoms with Crippen LogP contribution in [0.3, 0.4) is 0 Å². The topological polar surface area (TPSA) is 88.6 Å². The minimum atomic E-state index is -3.59. The monoisotopic (exact) mass is 435 g/mol.